The molecule has 2 rings (SSSR count). The van der Waals surface area contributed by atoms with E-state index in [2.05, 4.69) is 10.0 Å². The Labute approximate surface area is 135 Å². The number of hydrogen-bond acceptors (Lipinski definition) is 4. The van der Waals surface area contributed by atoms with Crippen LogP contribution in [0.3, 0.4) is 0 Å². The molecule has 0 heterocycles. The van der Waals surface area contributed by atoms with Crippen LogP contribution >= 0.6 is 0 Å². The van der Waals surface area contributed by atoms with E-state index < -0.39 is 10.0 Å². The molecule has 6 nitrogen and oxygen atoms in total. The van der Waals surface area contributed by atoms with Gasteiger partial charge in [0.05, 0.1) is 12.0 Å². The quantitative estimate of drug-likeness (QED) is 0.847. The van der Waals surface area contributed by atoms with E-state index in [1.54, 1.807) is 43.5 Å². The molecule has 0 aliphatic heterocycles. The molecule has 0 radical (unpaired) electrons. The van der Waals surface area contributed by atoms with Gasteiger partial charge in [-0.25, -0.2) is 8.42 Å². The van der Waals surface area contributed by atoms with Gasteiger partial charge in [-0.3, -0.25) is 9.52 Å². The van der Waals surface area contributed by atoms with E-state index in [9.17, 15) is 13.2 Å². The van der Waals surface area contributed by atoms with Crippen molar-refractivity contribution in [1.29, 1.82) is 0 Å². The van der Waals surface area contributed by atoms with Gasteiger partial charge in [0.25, 0.3) is 10.0 Å². The highest BCUT2D eigenvalue weighted by Gasteiger charge is 2.14. The summed E-state index contributed by atoms with van der Waals surface area (Å²) in [7, 11) is -2.12. The zero-order valence-corrected chi connectivity index (χ0v) is 13.7. The van der Waals surface area contributed by atoms with Crippen molar-refractivity contribution in [1.82, 2.24) is 5.32 Å². The second-order valence-electron chi connectivity index (χ2n) is 4.89. The molecule has 0 saturated heterocycles. The van der Waals surface area contributed by atoms with E-state index in [0.717, 1.165) is 5.56 Å². The van der Waals surface area contributed by atoms with Crippen LogP contribution in [0.5, 0.6) is 5.75 Å². The van der Waals surface area contributed by atoms with Crippen molar-refractivity contribution in [2.75, 3.05) is 11.8 Å². The molecule has 0 saturated carbocycles. The van der Waals surface area contributed by atoms with Crippen LogP contribution in [-0.2, 0) is 21.4 Å². The zero-order valence-electron chi connectivity index (χ0n) is 12.9. The van der Waals surface area contributed by atoms with Gasteiger partial charge in [0, 0.05) is 19.2 Å². The van der Waals surface area contributed by atoms with Gasteiger partial charge in [0.15, 0.2) is 0 Å². The largest absolute Gasteiger partial charge is 0.497 e. The number of amides is 1. The van der Waals surface area contributed by atoms with Gasteiger partial charge in [-0.05, 0) is 42.0 Å². The van der Waals surface area contributed by atoms with Gasteiger partial charge in [-0.1, -0.05) is 12.1 Å². The highest BCUT2D eigenvalue weighted by Crippen LogP contribution is 2.19. The van der Waals surface area contributed by atoms with Crippen molar-refractivity contribution in [2.24, 2.45) is 0 Å². The predicted molar refractivity (Wildman–Crippen MR) is 87.8 cm³/mol. The first-order chi connectivity index (χ1) is 10.9. The Bertz CT molecular complexity index is 769. The molecular formula is C16H18N2O4S. The summed E-state index contributed by atoms with van der Waals surface area (Å²) in [6, 6.07) is 12.9. The van der Waals surface area contributed by atoms with Crippen LogP contribution in [0.2, 0.25) is 0 Å². The third-order valence-electron chi connectivity index (χ3n) is 3.12. The van der Waals surface area contributed by atoms with Gasteiger partial charge in [-0.15, -0.1) is 0 Å². The number of benzene rings is 2. The molecule has 7 heteroatoms. The van der Waals surface area contributed by atoms with Crippen molar-refractivity contribution in [2.45, 2.75) is 18.4 Å². The van der Waals surface area contributed by atoms with Crippen molar-refractivity contribution in [3.8, 4) is 5.75 Å². The standard InChI is InChI=1S/C16H18N2O4S/c1-12(19)17-11-13-3-9-16(10-4-13)23(20,21)18-14-5-7-15(22-2)8-6-14/h3-10,18H,11H2,1-2H3,(H,17,19). The van der Waals surface area contributed by atoms with Crippen LogP contribution in [0.25, 0.3) is 0 Å². The molecule has 2 aromatic rings. The van der Waals surface area contributed by atoms with E-state index in [-0.39, 0.29) is 10.8 Å². The minimum absolute atomic E-state index is 0.136. The summed E-state index contributed by atoms with van der Waals surface area (Å²) in [5, 5.41) is 2.65. The van der Waals surface area contributed by atoms with E-state index in [1.165, 1.54) is 19.1 Å². The molecule has 2 aromatic carbocycles. The number of carbonyl (C=O) groups is 1. The third-order valence-corrected chi connectivity index (χ3v) is 4.51. The molecule has 0 spiro atoms. The number of methoxy groups -OCH3 is 1. The highest BCUT2D eigenvalue weighted by atomic mass is 32.2. The number of rotatable bonds is 6. The average molecular weight is 334 g/mol. The second-order valence-corrected chi connectivity index (χ2v) is 6.57. The van der Waals surface area contributed by atoms with Crippen molar-refractivity contribution in [3.05, 3.63) is 54.1 Å². The lowest BCUT2D eigenvalue weighted by Gasteiger charge is -2.09. The Kier molecular flexibility index (Phi) is 5.23. The summed E-state index contributed by atoms with van der Waals surface area (Å²) >= 11 is 0. The molecular weight excluding hydrogens is 316 g/mol. The maximum atomic E-state index is 12.3. The van der Waals surface area contributed by atoms with Crippen molar-refractivity contribution in [3.63, 3.8) is 0 Å². The molecule has 0 bridgehead atoms. The fourth-order valence-corrected chi connectivity index (χ4v) is 2.94. The number of hydrogen-bond donors (Lipinski definition) is 2. The molecule has 0 aliphatic rings. The van der Waals surface area contributed by atoms with Crippen molar-refractivity contribution >= 4 is 21.6 Å². The first kappa shape index (κ1) is 16.8. The minimum Gasteiger partial charge on any atom is -0.497 e. The normalized spacial score (nSPS) is 10.9. The molecule has 0 atom stereocenters. The molecule has 0 aliphatic carbocycles. The van der Waals surface area contributed by atoms with Gasteiger partial charge in [0.1, 0.15) is 5.75 Å². The molecule has 0 fully saturated rings. The summed E-state index contributed by atoms with van der Waals surface area (Å²) in [6.45, 7) is 1.79. The zero-order chi connectivity index (χ0) is 16.9. The van der Waals surface area contributed by atoms with Gasteiger partial charge in [-0.2, -0.15) is 0 Å². The van der Waals surface area contributed by atoms with E-state index in [1.807, 2.05) is 0 Å². The summed E-state index contributed by atoms with van der Waals surface area (Å²) in [6.07, 6.45) is 0. The molecule has 0 unspecified atom stereocenters. The number of nitrogens with one attached hydrogen (secondary N) is 2. The first-order valence-corrected chi connectivity index (χ1v) is 8.39. The predicted octanol–water partition coefficient (Wildman–Crippen LogP) is 2.13. The topological polar surface area (TPSA) is 84.5 Å². The smallest absolute Gasteiger partial charge is 0.261 e. The average Bonchev–Trinajstić information content (AvgIpc) is 2.53. The van der Waals surface area contributed by atoms with Gasteiger partial charge < -0.3 is 10.1 Å². The Balaban J connectivity index is 2.10. The van der Waals surface area contributed by atoms with Crippen molar-refractivity contribution < 1.29 is 17.9 Å². The van der Waals surface area contributed by atoms with E-state index >= 15 is 0 Å². The van der Waals surface area contributed by atoms with Crippen LogP contribution in [0.1, 0.15) is 12.5 Å². The third kappa shape index (κ3) is 4.72. The maximum absolute atomic E-state index is 12.3. The Morgan fingerprint density at radius 3 is 2.17 bits per heavy atom. The molecule has 1 amide bonds. The van der Waals surface area contributed by atoms with Crippen LogP contribution in [0.4, 0.5) is 5.69 Å². The number of carbonyl (C=O) groups excluding carboxylic acids is 1. The SMILES string of the molecule is COc1ccc(NS(=O)(=O)c2ccc(CNC(C)=O)cc2)cc1. The number of anilines is 1. The minimum atomic E-state index is -3.66. The van der Waals surface area contributed by atoms with Crippen LogP contribution in [-0.4, -0.2) is 21.4 Å². The molecule has 23 heavy (non-hydrogen) atoms. The monoisotopic (exact) mass is 334 g/mol. The van der Waals surface area contributed by atoms with Crippen LogP contribution < -0.4 is 14.8 Å². The summed E-state index contributed by atoms with van der Waals surface area (Å²) in [5.41, 5.74) is 1.27. The lowest BCUT2D eigenvalue weighted by atomic mass is 10.2. The Hall–Kier alpha value is -2.54. The van der Waals surface area contributed by atoms with Crippen LogP contribution in [0.15, 0.2) is 53.4 Å². The van der Waals surface area contributed by atoms with Crippen LogP contribution in [0, 0.1) is 0 Å². The van der Waals surface area contributed by atoms with E-state index in [4.69, 9.17) is 4.74 Å². The lowest BCUT2D eigenvalue weighted by Crippen LogP contribution is -2.19. The summed E-state index contributed by atoms with van der Waals surface area (Å²) < 4.78 is 32.2. The molecule has 2 N–H and O–H groups in total. The van der Waals surface area contributed by atoms with Gasteiger partial charge >= 0.3 is 0 Å². The number of ether oxygens (including phenoxy) is 1. The Morgan fingerprint density at radius 2 is 1.65 bits per heavy atom. The fourth-order valence-electron chi connectivity index (χ4n) is 1.89. The molecule has 0 aromatic heterocycles. The lowest BCUT2D eigenvalue weighted by molar-refractivity contribution is -0.119. The van der Waals surface area contributed by atoms with E-state index in [0.29, 0.717) is 18.0 Å². The Morgan fingerprint density at radius 1 is 1.04 bits per heavy atom. The second kappa shape index (κ2) is 7.15. The summed E-state index contributed by atoms with van der Waals surface area (Å²) in [5.74, 6) is 0.512. The van der Waals surface area contributed by atoms with Gasteiger partial charge in [0.2, 0.25) is 5.91 Å². The maximum Gasteiger partial charge on any atom is 0.261 e. The molecule has 122 valence electrons. The fraction of sp³-hybridized carbons (Fsp3) is 0.188. The first-order valence-electron chi connectivity index (χ1n) is 6.91. The summed E-state index contributed by atoms with van der Waals surface area (Å²) in [4.78, 5) is 11.0. The number of sulfonamides is 1. The highest BCUT2D eigenvalue weighted by molar-refractivity contribution is 7.92.